The molecular weight excluding hydrogens is 260 g/mol. The third kappa shape index (κ3) is 2.96. The molecule has 0 spiro atoms. The third-order valence-electron chi connectivity index (χ3n) is 2.51. The van der Waals surface area contributed by atoms with Crippen LogP contribution in [0.2, 0.25) is 0 Å². The van der Waals surface area contributed by atoms with Gasteiger partial charge in [0, 0.05) is 23.0 Å². The van der Waals surface area contributed by atoms with E-state index in [1.165, 1.54) is 12.1 Å². The van der Waals surface area contributed by atoms with Gasteiger partial charge in [0.25, 0.3) is 6.43 Å². The monoisotopic (exact) mass is 270 g/mol. The van der Waals surface area contributed by atoms with Crippen LogP contribution in [0.5, 0.6) is 0 Å². The lowest BCUT2D eigenvalue weighted by Crippen LogP contribution is -2.00. The summed E-state index contributed by atoms with van der Waals surface area (Å²) in [5, 5.41) is 2.50. The second kappa shape index (κ2) is 5.17. The van der Waals surface area contributed by atoms with E-state index in [1.807, 2.05) is 0 Å². The first-order chi connectivity index (χ1) is 8.97. The number of alkyl halides is 2. The first-order valence-corrected chi connectivity index (χ1v) is 5.37. The van der Waals surface area contributed by atoms with E-state index in [0.29, 0.717) is 6.07 Å². The summed E-state index contributed by atoms with van der Waals surface area (Å²) < 4.78 is 51.8. The number of nitrogen functional groups attached to an aromatic ring is 1. The number of hydrogen-bond donors (Lipinski definition) is 2. The minimum atomic E-state index is -2.76. The number of nitrogens with two attached hydrogens (primary N) is 1. The van der Waals surface area contributed by atoms with Crippen molar-refractivity contribution in [1.82, 2.24) is 0 Å². The Balaban J connectivity index is 2.38. The van der Waals surface area contributed by atoms with Gasteiger partial charge in [-0.15, -0.1) is 0 Å². The molecule has 0 aliphatic carbocycles. The summed E-state index contributed by atoms with van der Waals surface area (Å²) in [6.07, 6.45) is -2.76. The molecule has 2 aromatic rings. The maximum atomic E-state index is 13.4. The van der Waals surface area contributed by atoms with Crippen LogP contribution in [-0.2, 0) is 0 Å². The lowest BCUT2D eigenvalue weighted by molar-refractivity contribution is 0.152. The maximum Gasteiger partial charge on any atom is 0.265 e. The van der Waals surface area contributed by atoms with Crippen molar-refractivity contribution >= 4 is 17.1 Å². The number of halogens is 4. The fourth-order valence-electron chi connectivity index (χ4n) is 1.61. The second-order valence-electron chi connectivity index (χ2n) is 3.90. The molecule has 2 nitrogen and oxygen atoms in total. The molecule has 0 unspecified atom stereocenters. The smallest absolute Gasteiger partial charge is 0.265 e. The van der Waals surface area contributed by atoms with Crippen molar-refractivity contribution in [3.63, 3.8) is 0 Å². The number of nitrogens with one attached hydrogen (secondary N) is 1. The summed E-state index contributed by atoms with van der Waals surface area (Å²) in [4.78, 5) is 0. The minimum absolute atomic E-state index is 0.0229. The van der Waals surface area contributed by atoms with Crippen molar-refractivity contribution in [2.24, 2.45) is 0 Å². The van der Waals surface area contributed by atoms with Gasteiger partial charge in [0.1, 0.15) is 11.6 Å². The average molecular weight is 270 g/mol. The van der Waals surface area contributed by atoms with Crippen LogP contribution in [0.3, 0.4) is 0 Å². The standard InChI is InChI=1S/C13H10F4N2/c14-7-1-3-12(10(15)5-7)19-11-4-2-8(18)6-9(11)13(16)17/h1-6,13,19H,18H2. The number of benzene rings is 2. The highest BCUT2D eigenvalue weighted by atomic mass is 19.3. The topological polar surface area (TPSA) is 38.0 Å². The predicted octanol–water partition coefficient (Wildman–Crippen LogP) is 4.23. The highest BCUT2D eigenvalue weighted by Gasteiger charge is 2.14. The van der Waals surface area contributed by atoms with Gasteiger partial charge in [-0.05, 0) is 30.3 Å². The molecule has 3 N–H and O–H groups in total. The normalized spacial score (nSPS) is 10.8. The van der Waals surface area contributed by atoms with E-state index < -0.39 is 18.1 Å². The zero-order valence-corrected chi connectivity index (χ0v) is 9.63. The predicted molar refractivity (Wildman–Crippen MR) is 65.5 cm³/mol. The van der Waals surface area contributed by atoms with Crippen LogP contribution in [0.1, 0.15) is 12.0 Å². The zero-order valence-electron chi connectivity index (χ0n) is 9.63. The van der Waals surface area contributed by atoms with E-state index in [9.17, 15) is 17.6 Å². The van der Waals surface area contributed by atoms with Crippen LogP contribution in [0.15, 0.2) is 36.4 Å². The fraction of sp³-hybridized carbons (Fsp3) is 0.0769. The largest absolute Gasteiger partial charge is 0.399 e. The van der Waals surface area contributed by atoms with Crippen LogP contribution in [-0.4, -0.2) is 0 Å². The summed E-state index contributed by atoms with van der Waals surface area (Å²) in [6.45, 7) is 0. The minimum Gasteiger partial charge on any atom is -0.399 e. The van der Waals surface area contributed by atoms with Gasteiger partial charge >= 0.3 is 0 Å². The quantitative estimate of drug-likeness (QED) is 0.647. The molecule has 0 bridgehead atoms. The van der Waals surface area contributed by atoms with Gasteiger partial charge < -0.3 is 11.1 Å². The van der Waals surface area contributed by atoms with Crippen molar-refractivity contribution in [1.29, 1.82) is 0 Å². The molecule has 0 heterocycles. The first kappa shape index (κ1) is 13.2. The molecule has 0 atom stereocenters. The van der Waals surface area contributed by atoms with Gasteiger partial charge in [0.15, 0.2) is 0 Å². The van der Waals surface area contributed by atoms with Crippen molar-refractivity contribution in [2.75, 3.05) is 11.1 Å². The lowest BCUT2D eigenvalue weighted by Gasteiger charge is -2.13. The van der Waals surface area contributed by atoms with Crippen LogP contribution >= 0.6 is 0 Å². The van der Waals surface area contributed by atoms with Crippen LogP contribution in [0.4, 0.5) is 34.6 Å². The Morgan fingerprint density at radius 1 is 0.947 bits per heavy atom. The Labute approximate surface area is 106 Å². The van der Waals surface area contributed by atoms with E-state index in [4.69, 9.17) is 5.73 Å². The molecule has 0 saturated carbocycles. The highest BCUT2D eigenvalue weighted by Crippen LogP contribution is 2.31. The summed E-state index contributed by atoms with van der Waals surface area (Å²) in [6, 6.07) is 6.67. The lowest BCUT2D eigenvalue weighted by atomic mass is 10.1. The van der Waals surface area contributed by atoms with Crippen LogP contribution in [0.25, 0.3) is 0 Å². The van der Waals surface area contributed by atoms with Crippen molar-refractivity contribution in [3.05, 3.63) is 53.6 Å². The van der Waals surface area contributed by atoms with Gasteiger partial charge in [-0.25, -0.2) is 17.6 Å². The van der Waals surface area contributed by atoms with Gasteiger partial charge in [0.2, 0.25) is 0 Å². The maximum absolute atomic E-state index is 13.4. The van der Waals surface area contributed by atoms with Crippen molar-refractivity contribution in [3.8, 4) is 0 Å². The number of anilines is 3. The molecular formula is C13H10F4N2. The zero-order chi connectivity index (χ0) is 14.0. The molecule has 0 aromatic heterocycles. The molecule has 0 fully saturated rings. The Morgan fingerprint density at radius 2 is 1.63 bits per heavy atom. The van der Waals surface area contributed by atoms with Gasteiger partial charge in [0.05, 0.1) is 5.69 Å². The van der Waals surface area contributed by atoms with Crippen LogP contribution < -0.4 is 11.1 Å². The molecule has 2 rings (SSSR count). The molecule has 0 amide bonds. The SMILES string of the molecule is Nc1ccc(Nc2ccc(F)cc2F)c(C(F)F)c1. The van der Waals surface area contributed by atoms with E-state index in [1.54, 1.807) is 0 Å². The Morgan fingerprint density at radius 3 is 2.26 bits per heavy atom. The Hall–Kier alpha value is -2.24. The first-order valence-electron chi connectivity index (χ1n) is 5.37. The third-order valence-corrected chi connectivity index (χ3v) is 2.51. The van der Waals surface area contributed by atoms with Crippen molar-refractivity contribution in [2.45, 2.75) is 6.43 Å². The molecule has 19 heavy (non-hydrogen) atoms. The van der Waals surface area contributed by atoms with Gasteiger partial charge in [-0.1, -0.05) is 0 Å². The van der Waals surface area contributed by atoms with Gasteiger partial charge in [-0.3, -0.25) is 0 Å². The molecule has 0 saturated heterocycles. The highest BCUT2D eigenvalue weighted by molar-refractivity contribution is 5.66. The van der Waals surface area contributed by atoms with E-state index >= 15 is 0 Å². The molecule has 2 aromatic carbocycles. The van der Waals surface area contributed by atoms with Crippen LogP contribution in [0, 0.1) is 11.6 Å². The molecule has 0 aliphatic rings. The van der Waals surface area contributed by atoms with E-state index in [2.05, 4.69) is 5.32 Å². The second-order valence-corrected chi connectivity index (χ2v) is 3.90. The van der Waals surface area contributed by atoms with E-state index in [-0.39, 0.29) is 22.6 Å². The molecule has 0 aliphatic heterocycles. The summed E-state index contributed by atoms with van der Waals surface area (Å²) in [5.74, 6) is -1.61. The number of hydrogen-bond acceptors (Lipinski definition) is 2. The molecule has 100 valence electrons. The Bertz CT molecular complexity index is 599. The number of rotatable bonds is 3. The summed E-state index contributed by atoms with van der Waals surface area (Å²) in [5.41, 5.74) is 5.19. The average Bonchev–Trinajstić information content (AvgIpc) is 2.34. The summed E-state index contributed by atoms with van der Waals surface area (Å²) in [7, 11) is 0. The fourth-order valence-corrected chi connectivity index (χ4v) is 1.61. The van der Waals surface area contributed by atoms with Gasteiger partial charge in [-0.2, -0.15) is 0 Å². The summed E-state index contributed by atoms with van der Waals surface area (Å²) >= 11 is 0. The molecule has 0 radical (unpaired) electrons. The van der Waals surface area contributed by atoms with Crippen molar-refractivity contribution < 1.29 is 17.6 Å². The Kier molecular flexibility index (Phi) is 3.59. The molecule has 6 heteroatoms. The van der Waals surface area contributed by atoms with E-state index in [0.717, 1.165) is 18.2 Å².